The first-order chi connectivity index (χ1) is 9.49. The van der Waals surface area contributed by atoms with Gasteiger partial charge in [0.05, 0.1) is 0 Å². The summed E-state index contributed by atoms with van der Waals surface area (Å²) < 4.78 is 13.3. The maximum absolute atomic E-state index is 13.3. The Balaban J connectivity index is 2.83. The minimum absolute atomic E-state index is 0.237. The first kappa shape index (κ1) is 16.2. The normalized spacial score (nSPS) is 11.7. The molecule has 0 fully saturated rings. The summed E-state index contributed by atoms with van der Waals surface area (Å²) in [5.41, 5.74) is 0.237. The molecule has 108 valence electrons. The van der Waals surface area contributed by atoms with Crippen molar-refractivity contribution < 1.29 is 19.1 Å². The predicted octanol–water partition coefficient (Wildman–Crippen LogP) is 2.70. The fourth-order valence-electron chi connectivity index (χ4n) is 1.58. The molecule has 1 aromatic carbocycles. The number of allylic oxidation sites excluding steroid dienone is 1. The van der Waals surface area contributed by atoms with E-state index in [0.29, 0.717) is 11.3 Å². The first-order valence-corrected chi connectivity index (χ1v) is 7.20. The molecular weight excluding hydrogens is 281 g/mol. The zero-order valence-electron chi connectivity index (χ0n) is 11.1. The van der Waals surface area contributed by atoms with E-state index in [1.165, 1.54) is 30.0 Å². The Morgan fingerprint density at radius 2 is 2.25 bits per heavy atom. The van der Waals surface area contributed by atoms with Crippen LogP contribution in [0.1, 0.15) is 23.2 Å². The zero-order chi connectivity index (χ0) is 15.1. The molecule has 0 aliphatic heterocycles. The Bertz CT molecular complexity index is 519. The van der Waals surface area contributed by atoms with Crippen LogP contribution >= 0.6 is 11.8 Å². The molecule has 20 heavy (non-hydrogen) atoms. The van der Waals surface area contributed by atoms with Crippen LogP contribution < -0.4 is 5.32 Å². The fraction of sp³-hybridized carbons (Fsp3) is 0.286. The van der Waals surface area contributed by atoms with Crippen LogP contribution in [-0.2, 0) is 4.79 Å². The van der Waals surface area contributed by atoms with Gasteiger partial charge in [0.2, 0.25) is 0 Å². The Kier molecular flexibility index (Phi) is 6.24. The molecule has 1 rings (SSSR count). The topological polar surface area (TPSA) is 66.4 Å². The van der Waals surface area contributed by atoms with Gasteiger partial charge in [-0.05, 0) is 37.3 Å². The summed E-state index contributed by atoms with van der Waals surface area (Å²) in [7, 11) is 0. The summed E-state index contributed by atoms with van der Waals surface area (Å²) in [6, 6.07) is 2.95. The lowest BCUT2D eigenvalue weighted by atomic mass is 10.1. The summed E-state index contributed by atoms with van der Waals surface area (Å²) in [5.74, 6) is -2.04. The lowest BCUT2D eigenvalue weighted by molar-refractivity contribution is -0.139. The summed E-state index contributed by atoms with van der Waals surface area (Å²) >= 11 is 1.18. The zero-order valence-corrected chi connectivity index (χ0v) is 11.9. The molecule has 0 aliphatic rings. The monoisotopic (exact) mass is 297 g/mol. The third-order valence-electron chi connectivity index (χ3n) is 2.68. The second kappa shape index (κ2) is 7.69. The van der Waals surface area contributed by atoms with E-state index in [-0.39, 0.29) is 12.0 Å². The Morgan fingerprint density at radius 1 is 1.55 bits per heavy atom. The van der Waals surface area contributed by atoms with Crippen LogP contribution in [0.3, 0.4) is 0 Å². The molecule has 1 aromatic rings. The van der Waals surface area contributed by atoms with Gasteiger partial charge in [-0.15, -0.1) is 18.3 Å². The second-order valence-electron chi connectivity index (χ2n) is 4.08. The van der Waals surface area contributed by atoms with Crippen LogP contribution in [0, 0.1) is 5.82 Å². The van der Waals surface area contributed by atoms with Crippen molar-refractivity contribution >= 4 is 23.6 Å². The van der Waals surface area contributed by atoms with Crippen molar-refractivity contribution in [2.45, 2.75) is 23.8 Å². The highest BCUT2D eigenvalue weighted by Crippen LogP contribution is 2.20. The van der Waals surface area contributed by atoms with E-state index in [1.54, 1.807) is 12.3 Å². The van der Waals surface area contributed by atoms with Crippen molar-refractivity contribution in [2.75, 3.05) is 6.26 Å². The van der Waals surface area contributed by atoms with Crippen LogP contribution in [0.4, 0.5) is 4.39 Å². The maximum atomic E-state index is 13.3. The van der Waals surface area contributed by atoms with Gasteiger partial charge in [0.1, 0.15) is 11.9 Å². The smallest absolute Gasteiger partial charge is 0.326 e. The van der Waals surface area contributed by atoms with E-state index in [1.807, 2.05) is 0 Å². The largest absolute Gasteiger partial charge is 0.480 e. The van der Waals surface area contributed by atoms with E-state index in [4.69, 9.17) is 5.11 Å². The van der Waals surface area contributed by atoms with Crippen LogP contribution in [0.5, 0.6) is 0 Å². The maximum Gasteiger partial charge on any atom is 0.326 e. The van der Waals surface area contributed by atoms with Crippen LogP contribution in [-0.4, -0.2) is 29.3 Å². The number of carboxylic acids is 1. The van der Waals surface area contributed by atoms with Crippen molar-refractivity contribution in [1.82, 2.24) is 5.32 Å². The van der Waals surface area contributed by atoms with Gasteiger partial charge in [-0.1, -0.05) is 6.08 Å². The third kappa shape index (κ3) is 4.38. The Hall–Kier alpha value is -1.82. The van der Waals surface area contributed by atoms with E-state index in [9.17, 15) is 14.0 Å². The molecule has 0 spiro atoms. The number of thioether (sulfide) groups is 1. The molecular formula is C14H16FNO3S. The van der Waals surface area contributed by atoms with Crippen molar-refractivity contribution in [3.05, 3.63) is 42.2 Å². The van der Waals surface area contributed by atoms with Gasteiger partial charge >= 0.3 is 5.97 Å². The average molecular weight is 297 g/mol. The minimum atomic E-state index is -1.10. The first-order valence-electron chi connectivity index (χ1n) is 5.97. The van der Waals surface area contributed by atoms with Gasteiger partial charge in [0.15, 0.2) is 0 Å². The van der Waals surface area contributed by atoms with Crippen molar-refractivity contribution in [3.63, 3.8) is 0 Å². The number of aliphatic carboxylic acids is 1. The number of carbonyl (C=O) groups is 2. The predicted molar refractivity (Wildman–Crippen MR) is 76.5 cm³/mol. The standard InChI is InChI=1S/C14H16FNO3S/c1-3-4-5-11(14(18)19)16-13(17)9-6-7-10(15)12(8-9)20-2/h3,6-8,11H,1,4-5H2,2H3,(H,16,17)(H,18,19). The molecule has 4 nitrogen and oxygen atoms in total. The van der Waals surface area contributed by atoms with Gasteiger partial charge in [0, 0.05) is 10.5 Å². The quantitative estimate of drug-likeness (QED) is 0.600. The molecule has 2 N–H and O–H groups in total. The molecule has 1 amide bonds. The van der Waals surface area contributed by atoms with Crippen molar-refractivity contribution in [2.24, 2.45) is 0 Å². The highest BCUT2D eigenvalue weighted by atomic mass is 32.2. The van der Waals surface area contributed by atoms with Gasteiger partial charge < -0.3 is 10.4 Å². The number of amides is 1. The van der Waals surface area contributed by atoms with E-state index >= 15 is 0 Å². The molecule has 0 heterocycles. The number of nitrogens with one attached hydrogen (secondary N) is 1. The highest BCUT2D eigenvalue weighted by Gasteiger charge is 2.20. The van der Waals surface area contributed by atoms with Crippen molar-refractivity contribution in [3.8, 4) is 0 Å². The van der Waals surface area contributed by atoms with Gasteiger partial charge in [0.25, 0.3) is 5.91 Å². The van der Waals surface area contributed by atoms with Gasteiger partial charge in [-0.2, -0.15) is 0 Å². The van der Waals surface area contributed by atoms with E-state index < -0.39 is 23.7 Å². The average Bonchev–Trinajstić information content (AvgIpc) is 2.43. The Labute approximate surface area is 121 Å². The van der Waals surface area contributed by atoms with E-state index in [0.717, 1.165) is 0 Å². The second-order valence-corrected chi connectivity index (χ2v) is 4.93. The number of rotatable bonds is 7. The molecule has 0 bridgehead atoms. The molecule has 0 aromatic heterocycles. The lowest BCUT2D eigenvalue weighted by Gasteiger charge is -2.14. The van der Waals surface area contributed by atoms with Gasteiger partial charge in [-0.25, -0.2) is 9.18 Å². The molecule has 0 radical (unpaired) electrons. The SMILES string of the molecule is C=CCCC(NC(=O)c1ccc(F)c(SC)c1)C(=O)O. The summed E-state index contributed by atoms with van der Waals surface area (Å²) in [6.45, 7) is 3.51. The number of carbonyl (C=O) groups excluding carboxylic acids is 1. The summed E-state index contributed by atoms with van der Waals surface area (Å²) in [4.78, 5) is 23.3. The molecule has 0 saturated carbocycles. The number of hydrogen-bond donors (Lipinski definition) is 2. The van der Waals surface area contributed by atoms with E-state index in [2.05, 4.69) is 11.9 Å². The third-order valence-corrected chi connectivity index (χ3v) is 3.43. The van der Waals surface area contributed by atoms with Crippen LogP contribution in [0.15, 0.2) is 35.7 Å². The van der Waals surface area contributed by atoms with Gasteiger partial charge in [-0.3, -0.25) is 4.79 Å². The minimum Gasteiger partial charge on any atom is -0.480 e. The molecule has 0 aliphatic carbocycles. The lowest BCUT2D eigenvalue weighted by Crippen LogP contribution is -2.40. The van der Waals surface area contributed by atoms with Crippen LogP contribution in [0.2, 0.25) is 0 Å². The summed E-state index contributed by atoms with van der Waals surface area (Å²) in [5, 5.41) is 11.4. The number of carboxylic acid groups (broad SMARTS) is 1. The molecule has 6 heteroatoms. The van der Waals surface area contributed by atoms with Crippen molar-refractivity contribution in [1.29, 1.82) is 0 Å². The molecule has 1 atom stereocenters. The summed E-state index contributed by atoms with van der Waals surface area (Å²) in [6.07, 6.45) is 4.04. The number of hydrogen-bond acceptors (Lipinski definition) is 3. The fourth-order valence-corrected chi connectivity index (χ4v) is 2.09. The molecule has 0 saturated heterocycles. The number of benzene rings is 1. The Morgan fingerprint density at radius 3 is 2.80 bits per heavy atom. The number of halogens is 1. The molecule has 1 unspecified atom stereocenters. The highest BCUT2D eigenvalue weighted by molar-refractivity contribution is 7.98. The van der Waals surface area contributed by atoms with Crippen LogP contribution in [0.25, 0.3) is 0 Å².